The first-order chi connectivity index (χ1) is 13.1. The summed E-state index contributed by atoms with van der Waals surface area (Å²) < 4.78 is 18.5. The zero-order valence-electron chi connectivity index (χ0n) is 15.9. The van der Waals surface area contributed by atoms with E-state index in [2.05, 4.69) is 20.2 Å². The number of hydrogen-bond donors (Lipinski definition) is 2. The summed E-state index contributed by atoms with van der Waals surface area (Å²) in [6.07, 6.45) is 4.52. The number of rotatable bonds is 5. The lowest BCUT2D eigenvalue weighted by Gasteiger charge is -2.33. The Morgan fingerprint density at radius 1 is 1.48 bits per heavy atom. The fraction of sp³-hybridized carbons (Fsp3) is 0.500. The molecular formula is C20H27FN4O2. The minimum Gasteiger partial charge on any atom is -0.466 e. The van der Waals surface area contributed by atoms with Crippen LogP contribution in [0.15, 0.2) is 29.4 Å². The van der Waals surface area contributed by atoms with Gasteiger partial charge in [-0.05, 0) is 49.9 Å². The lowest BCUT2D eigenvalue weighted by Crippen LogP contribution is -2.48. The van der Waals surface area contributed by atoms with Crippen molar-refractivity contribution >= 4 is 22.8 Å². The summed E-state index contributed by atoms with van der Waals surface area (Å²) in [4.78, 5) is 21.6. The zero-order chi connectivity index (χ0) is 19.2. The Balaban J connectivity index is 1.56. The maximum absolute atomic E-state index is 13.3. The standard InChI is InChI=1S/C20H27FN4O2/c1-3-27-19(26)15-5-4-10-25(13-15)20(22-2)23-9-8-14-12-24-18-11-16(21)6-7-17(14)18/h6-7,11-12,15,24H,3-5,8-10,13H2,1-2H3,(H,22,23). The number of esters is 1. The Hall–Kier alpha value is -2.57. The zero-order valence-corrected chi connectivity index (χ0v) is 15.9. The minimum absolute atomic E-state index is 0.0965. The van der Waals surface area contributed by atoms with Gasteiger partial charge in [-0.25, -0.2) is 4.39 Å². The smallest absolute Gasteiger partial charge is 0.310 e. The number of nitrogens with zero attached hydrogens (tertiary/aromatic N) is 2. The molecule has 27 heavy (non-hydrogen) atoms. The number of guanidine groups is 1. The van der Waals surface area contributed by atoms with E-state index in [4.69, 9.17) is 4.74 Å². The van der Waals surface area contributed by atoms with Crippen molar-refractivity contribution in [2.75, 3.05) is 33.3 Å². The van der Waals surface area contributed by atoms with Gasteiger partial charge in [-0.1, -0.05) is 0 Å². The summed E-state index contributed by atoms with van der Waals surface area (Å²) in [6, 6.07) is 4.80. The molecule has 1 aromatic carbocycles. The average Bonchev–Trinajstić information content (AvgIpc) is 3.07. The van der Waals surface area contributed by atoms with E-state index >= 15 is 0 Å². The molecule has 1 aliphatic rings. The minimum atomic E-state index is -0.240. The van der Waals surface area contributed by atoms with E-state index in [0.29, 0.717) is 19.7 Å². The van der Waals surface area contributed by atoms with Gasteiger partial charge in [0.05, 0.1) is 12.5 Å². The monoisotopic (exact) mass is 374 g/mol. The molecule has 2 N–H and O–H groups in total. The van der Waals surface area contributed by atoms with Crippen molar-refractivity contribution in [2.24, 2.45) is 10.9 Å². The number of piperidine rings is 1. The largest absolute Gasteiger partial charge is 0.466 e. The van der Waals surface area contributed by atoms with E-state index in [9.17, 15) is 9.18 Å². The molecule has 146 valence electrons. The van der Waals surface area contributed by atoms with Crippen molar-refractivity contribution in [3.63, 3.8) is 0 Å². The molecule has 3 rings (SSSR count). The third-order valence-corrected chi connectivity index (χ3v) is 4.96. The van der Waals surface area contributed by atoms with Gasteiger partial charge in [0.25, 0.3) is 0 Å². The van der Waals surface area contributed by atoms with E-state index < -0.39 is 0 Å². The number of nitrogens with one attached hydrogen (secondary N) is 2. The molecule has 6 nitrogen and oxygen atoms in total. The highest BCUT2D eigenvalue weighted by molar-refractivity contribution is 5.84. The third-order valence-electron chi connectivity index (χ3n) is 4.96. The molecule has 1 fully saturated rings. The number of hydrogen-bond acceptors (Lipinski definition) is 3. The number of benzene rings is 1. The Morgan fingerprint density at radius 3 is 3.11 bits per heavy atom. The van der Waals surface area contributed by atoms with Gasteiger partial charge in [0.2, 0.25) is 0 Å². The number of carbonyl (C=O) groups excluding carboxylic acids is 1. The predicted molar refractivity (Wildman–Crippen MR) is 104 cm³/mol. The van der Waals surface area contributed by atoms with Crippen LogP contribution in [0.1, 0.15) is 25.3 Å². The van der Waals surface area contributed by atoms with Crippen LogP contribution in [0.4, 0.5) is 4.39 Å². The number of fused-ring (bicyclic) bond motifs is 1. The van der Waals surface area contributed by atoms with E-state index in [-0.39, 0.29) is 17.7 Å². The number of aromatic amines is 1. The topological polar surface area (TPSA) is 69.7 Å². The SMILES string of the molecule is CCOC(=O)C1CCCN(C(=NC)NCCc2c[nH]c3cc(F)ccc23)C1. The maximum atomic E-state index is 13.3. The number of aliphatic imine (C=N–C) groups is 1. The molecule has 1 atom stereocenters. The molecule has 0 radical (unpaired) electrons. The first kappa shape index (κ1) is 19.2. The molecule has 1 aromatic heterocycles. The van der Waals surface area contributed by atoms with Crippen molar-refractivity contribution in [1.29, 1.82) is 0 Å². The Kier molecular flexibility index (Phi) is 6.32. The van der Waals surface area contributed by atoms with E-state index in [0.717, 1.165) is 48.2 Å². The summed E-state index contributed by atoms with van der Waals surface area (Å²) in [7, 11) is 1.75. The van der Waals surface area contributed by atoms with Gasteiger partial charge < -0.3 is 19.9 Å². The first-order valence-electron chi connectivity index (χ1n) is 9.50. The molecule has 2 aromatic rings. The van der Waals surface area contributed by atoms with Crippen LogP contribution < -0.4 is 5.32 Å². The van der Waals surface area contributed by atoms with Crippen molar-refractivity contribution in [3.8, 4) is 0 Å². The van der Waals surface area contributed by atoms with Crippen LogP contribution >= 0.6 is 0 Å². The van der Waals surface area contributed by atoms with E-state index in [1.165, 1.54) is 12.1 Å². The molecule has 2 heterocycles. The summed E-state index contributed by atoms with van der Waals surface area (Å²) in [5.41, 5.74) is 1.94. The molecule has 7 heteroatoms. The van der Waals surface area contributed by atoms with Gasteiger partial charge in [0.15, 0.2) is 5.96 Å². The third kappa shape index (κ3) is 4.59. The Bertz CT molecular complexity index is 817. The van der Waals surface area contributed by atoms with Crippen LogP contribution in [0, 0.1) is 11.7 Å². The summed E-state index contributed by atoms with van der Waals surface area (Å²) in [5.74, 6) is 0.343. The van der Waals surface area contributed by atoms with Gasteiger partial charge in [-0.15, -0.1) is 0 Å². The van der Waals surface area contributed by atoms with Crippen molar-refractivity contribution in [3.05, 3.63) is 35.8 Å². The molecular weight excluding hydrogens is 347 g/mol. The van der Waals surface area contributed by atoms with Gasteiger partial charge in [0, 0.05) is 43.8 Å². The van der Waals surface area contributed by atoms with E-state index in [1.807, 2.05) is 13.1 Å². The molecule has 0 bridgehead atoms. The molecule has 0 amide bonds. The molecule has 1 unspecified atom stereocenters. The number of likely N-dealkylation sites (tertiary alicyclic amines) is 1. The van der Waals surface area contributed by atoms with Crippen LogP contribution in [-0.4, -0.2) is 55.1 Å². The summed E-state index contributed by atoms with van der Waals surface area (Å²) in [5, 5.41) is 4.42. The normalized spacial score (nSPS) is 18.0. The van der Waals surface area contributed by atoms with Gasteiger partial charge in [0.1, 0.15) is 5.82 Å². The van der Waals surface area contributed by atoms with Crippen molar-refractivity contribution in [2.45, 2.75) is 26.2 Å². The summed E-state index contributed by atoms with van der Waals surface area (Å²) >= 11 is 0. The van der Waals surface area contributed by atoms with Gasteiger partial charge >= 0.3 is 5.97 Å². The van der Waals surface area contributed by atoms with Crippen LogP contribution in [0.25, 0.3) is 10.9 Å². The van der Waals surface area contributed by atoms with E-state index in [1.54, 1.807) is 13.1 Å². The van der Waals surface area contributed by atoms with Crippen LogP contribution in [-0.2, 0) is 16.0 Å². The lowest BCUT2D eigenvalue weighted by atomic mass is 9.98. The lowest BCUT2D eigenvalue weighted by molar-refractivity contribution is -0.149. The first-order valence-corrected chi connectivity index (χ1v) is 9.50. The molecule has 1 aliphatic heterocycles. The highest BCUT2D eigenvalue weighted by atomic mass is 19.1. The Labute approximate surface area is 158 Å². The number of H-pyrrole nitrogens is 1. The van der Waals surface area contributed by atoms with Crippen molar-refractivity contribution in [1.82, 2.24) is 15.2 Å². The predicted octanol–water partition coefficient (Wildman–Crippen LogP) is 2.70. The molecule has 0 saturated carbocycles. The van der Waals surface area contributed by atoms with Crippen molar-refractivity contribution < 1.29 is 13.9 Å². The molecule has 0 aliphatic carbocycles. The summed E-state index contributed by atoms with van der Waals surface area (Å²) in [6.45, 7) is 4.46. The van der Waals surface area contributed by atoms with Gasteiger partial charge in [-0.2, -0.15) is 0 Å². The fourth-order valence-corrected chi connectivity index (χ4v) is 3.63. The number of halogens is 1. The van der Waals surface area contributed by atoms with Gasteiger partial charge in [-0.3, -0.25) is 9.79 Å². The number of carbonyl (C=O) groups is 1. The quantitative estimate of drug-likeness (QED) is 0.480. The van der Waals surface area contributed by atoms with Crippen LogP contribution in [0.2, 0.25) is 0 Å². The molecule has 0 spiro atoms. The number of aromatic nitrogens is 1. The second kappa shape index (κ2) is 8.88. The average molecular weight is 374 g/mol. The maximum Gasteiger partial charge on any atom is 0.310 e. The van der Waals surface area contributed by atoms with Crippen LogP contribution in [0.3, 0.4) is 0 Å². The highest BCUT2D eigenvalue weighted by Gasteiger charge is 2.28. The second-order valence-electron chi connectivity index (χ2n) is 6.77. The number of ether oxygens (including phenoxy) is 1. The Morgan fingerprint density at radius 2 is 2.33 bits per heavy atom. The second-order valence-corrected chi connectivity index (χ2v) is 6.77. The fourth-order valence-electron chi connectivity index (χ4n) is 3.63. The molecule has 1 saturated heterocycles. The van der Waals surface area contributed by atoms with Crippen LogP contribution in [0.5, 0.6) is 0 Å². The highest BCUT2D eigenvalue weighted by Crippen LogP contribution is 2.20.